The molecule has 0 fully saturated rings. The Morgan fingerprint density at radius 3 is 2.27 bits per heavy atom. The van der Waals surface area contributed by atoms with Gasteiger partial charge in [-0.05, 0) is 24.9 Å². The van der Waals surface area contributed by atoms with Crippen LogP contribution in [-0.2, 0) is 14.4 Å². The predicted molar refractivity (Wildman–Crippen MR) is 82.1 cm³/mol. The molecule has 0 unspecified atom stereocenters. The molecule has 0 heterocycles. The normalized spacial score (nSPS) is 9.86. The highest BCUT2D eigenvalue weighted by Gasteiger charge is 2.16. The van der Waals surface area contributed by atoms with Gasteiger partial charge in [0.1, 0.15) is 13.1 Å². The second kappa shape index (κ2) is 7.77. The number of anilines is 2. The molecule has 0 spiro atoms. The van der Waals surface area contributed by atoms with Gasteiger partial charge in [0.05, 0.1) is 11.4 Å². The summed E-state index contributed by atoms with van der Waals surface area (Å²) in [6.45, 7) is 4.12. The minimum atomic E-state index is -1.16. The van der Waals surface area contributed by atoms with Gasteiger partial charge >= 0.3 is 11.9 Å². The van der Waals surface area contributed by atoms with E-state index in [0.717, 1.165) is 0 Å². The van der Waals surface area contributed by atoms with Gasteiger partial charge in [-0.25, -0.2) is 0 Å². The minimum Gasteiger partial charge on any atom is -0.480 e. The van der Waals surface area contributed by atoms with Crippen molar-refractivity contribution in [3.63, 3.8) is 0 Å². The fraction of sp³-hybridized carbons (Fsp3) is 0.286. The SMILES string of the molecule is C=Nc1ccc(N(CC(=O)O)CC(=O)O)cc1NC(=O)CC. The average Bonchev–Trinajstić information content (AvgIpc) is 2.45. The number of amides is 1. The van der Waals surface area contributed by atoms with Crippen molar-refractivity contribution in [1.29, 1.82) is 0 Å². The van der Waals surface area contributed by atoms with Crippen molar-refractivity contribution in [3.05, 3.63) is 18.2 Å². The quantitative estimate of drug-likeness (QED) is 0.623. The molecular formula is C14H17N3O5. The molecular weight excluding hydrogens is 290 g/mol. The van der Waals surface area contributed by atoms with Gasteiger partial charge in [0.15, 0.2) is 0 Å². The van der Waals surface area contributed by atoms with Crippen LogP contribution in [0.3, 0.4) is 0 Å². The zero-order valence-electron chi connectivity index (χ0n) is 12.1. The number of carbonyl (C=O) groups is 3. The maximum absolute atomic E-state index is 11.5. The van der Waals surface area contributed by atoms with Gasteiger partial charge in [-0.3, -0.25) is 19.4 Å². The molecule has 1 amide bonds. The predicted octanol–water partition coefficient (Wildman–Crippen LogP) is 1.34. The van der Waals surface area contributed by atoms with Gasteiger partial charge < -0.3 is 20.4 Å². The Morgan fingerprint density at radius 1 is 1.23 bits per heavy atom. The zero-order chi connectivity index (χ0) is 16.7. The van der Waals surface area contributed by atoms with Crippen LogP contribution < -0.4 is 10.2 Å². The largest absolute Gasteiger partial charge is 0.480 e. The number of rotatable bonds is 8. The first kappa shape index (κ1) is 17.2. The lowest BCUT2D eigenvalue weighted by molar-refractivity contribution is -0.136. The molecule has 0 saturated heterocycles. The van der Waals surface area contributed by atoms with Crippen molar-refractivity contribution in [2.45, 2.75) is 13.3 Å². The molecule has 22 heavy (non-hydrogen) atoms. The number of nitrogens with zero attached hydrogens (tertiary/aromatic N) is 2. The van der Waals surface area contributed by atoms with E-state index < -0.39 is 25.0 Å². The van der Waals surface area contributed by atoms with Crippen molar-refractivity contribution in [2.24, 2.45) is 4.99 Å². The summed E-state index contributed by atoms with van der Waals surface area (Å²) in [5.41, 5.74) is 1.11. The Hall–Kier alpha value is -2.90. The van der Waals surface area contributed by atoms with Gasteiger partial charge in [-0.1, -0.05) is 6.92 Å². The number of carbonyl (C=O) groups excluding carboxylic acids is 1. The van der Waals surface area contributed by atoms with Crippen molar-refractivity contribution in [2.75, 3.05) is 23.3 Å². The molecule has 8 nitrogen and oxygen atoms in total. The maximum Gasteiger partial charge on any atom is 0.323 e. The van der Waals surface area contributed by atoms with E-state index in [-0.39, 0.29) is 12.3 Å². The lowest BCUT2D eigenvalue weighted by atomic mass is 10.2. The third-order valence-electron chi connectivity index (χ3n) is 2.76. The molecule has 8 heteroatoms. The molecule has 3 N–H and O–H groups in total. The zero-order valence-corrected chi connectivity index (χ0v) is 12.1. The van der Waals surface area contributed by atoms with Crippen molar-refractivity contribution in [3.8, 4) is 0 Å². The smallest absolute Gasteiger partial charge is 0.323 e. The number of aliphatic imine (C=N–C) groups is 1. The molecule has 1 aromatic carbocycles. The van der Waals surface area contributed by atoms with E-state index in [1.807, 2.05) is 0 Å². The van der Waals surface area contributed by atoms with Gasteiger partial charge in [0.2, 0.25) is 5.91 Å². The Bertz CT molecular complexity index is 584. The van der Waals surface area contributed by atoms with Gasteiger partial charge in [0, 0.05) is 12.1 Å². The van der Waals surface area contributed by atoms with E-state index in [2.05, 4.69) is 17.0 Å². The molecule has 0 atom stereocenters. The average molecular weight is 307 g/mol. The highest BCUT2D eigenvalue weighted by Crippen LogP contribution is 2.30. The van der Waals surface area contributed by atoms with Gasteiger partial charge in [-0.15, -0.1) is 0 Å². The fourth-order valence-corrected chi connectivity index (χ4v) is 1.76. The summed E-state index contributed by atoms with van der Waals surface area (Å²) < 4.78 is 0. The van der Waals surface area contributed by atoms with E-state index in [1.54, 1.807) is 6.92 Å². The van der Waals surface area contributed by atoms with Crippen LogP contribution in [0.2, 0.25) is 0 Å². The van der Waals surface area contributed by atoms with Crippen molar-refractivity contribution >= 4 is 41.6 Å². The number of nitrogens with one attached hydrogen (secondary N) is 1. The number of hydrogen-bond donors (Lipinski definition) is 3. The highest BCUT2D eigenvalue weighted by atomic mass is 16.4. The van der Waals surface area contributed by atoms with Crippen LogP contribution >= 0.6 is 0 Å². The summed E-state index contributed by atoms with van der Waals surface area (Å²) in [6, 6.07) is 4.53. The number of hydrogen-bond acceptors (Lipinski definition) is 5. The molecule has 0 saturated carbocycles. The molecule has 0 bridgehead atoms. The summed E-state index contributed by atoms with van der Waals surface area (Å²) in [5, 5.41) is 20.4. The molecule has 0 aliphatic carbocycles. The van der Waals surface area contributed by atoms with E-state index in [1.165, 1.54) is 23.1 Å². The van der Waals surface area contributed by atoms with Crippen LogP contribution in [0, 0.1) is 0 Å². The Labute approximate surface area is 127 Å². The van der Waals surface area contributed by atoms with E-state index in [9.17, 15) is 14.4 Å². The second-order valence-corrected chi connectivity index (χ2v) is 4.40. The Balaban J connectivity index is 3.17. The first-order valence-electron chi connectivity index (χ1n) is 6.46. The van der Waals surface area contributed by atoms with Crippen molar-refractivity contribution < 1.29 is 24.6 Å². The van der Waals surface area contributed by atoms with E-state index >= 15 is 0 Å². The third-order valence-corrected chi connectivity index (χ3v) is 2.76. The number of carboxylic acids is 2. The Morgan fingerprint density at radius 2 is 1.82 bits per heavy atom. The summed E-state index contributed by atoms with van der Waals surface area (Å²) in [5.74, 6) is -2.57. The third kappa shape index (κ3) is 4.89. The lowest BCUT2D eigenvalue weighted by Crippen LogP contribution is -2.34. The maximum atomic E-state index is 11.5. The summed E-state index contributed by atoms with van der Waals surface area (Å²) in [6.07, 6.45) is 0.259. The molecule has 0 aromatic heterocycles. The lowest BCUT2D eigenvalue weighted by Gasteiger charge is -2.22. The topological polar surface area (TPSA) is 119 Å². The Kier molecular flexibility index (Phi) is 6.06. The summed E-state index contributed by atoms with van der Waals surface area (Å²) in [4.78, 5) is 38.2. The first-order chi connectivity index (χ1) is 10.4. The molecule has 1 aromatic rings. The number of aliphatic carboxylic acids is 2. The molecule has 0 aliphatic heterocycles. The van der Waals surface area contributed by atoms with Crippen molar-refractivity contribution in [1.82, 2.24) is 0 Å². The first-order valence-corrected chi connectivity index (χ1v) is 6.46. The van der Waals surface area contributed by atoms with Gasteiger partial charge in [0.25, 0.3) is 0 Å². The number of benzene rings is 1. The fourth-order valence-electron chi connectivity index (χ4n) is 1.76. The summed E-state index contributed by atoms with van der Waals surface area (Å²) in [7, 11) is 0. The monoisotopic (exact) mass is 307 g/mol. The van der Waals surface area contributed by atoms with Crippen LogP contribution in [0.4, 0.5) is 17.1 Å². The summed E-state index contributed by atoms with van der Waals surface area (Å²) >= 11 is 0. The van der Waals surface area contributed by atoms with E-state index in [4.69, 9.17) is 10.2 Å². The molecule has 1 rings (SSSR count). The van der Waals surface area contributed by atoms with Crippen LogP contribution in [0.25, 0.3) is 0 Å². The highest BCUT2D eigenvalue weighted by molar-refractivity contribution is 5.95. The molecule has 0 aliphatic rings. The van der Waals surface area contributed by atoms with Gasteiger partial charge in [-0.2, -0.15) is 0 Å². The minimum absolute atomic E-state index is 0.245. The molecule has 118 valence electrons. The van der Waals surface area contributed by atoms with Crippen LogP contribution in [0.1, 0.15) is 13.3 Å². The standard InChI is InChI=1S/C14H17N3O5/c1-3-12(18)16-11-6-9(4-5-10(11)15-2)17(7-13(19)20)8-14(21)22/h4-6H,2-3,7-8H2,1H3,(H,16,18)(H,19,20)(H,21,22). The van der Waals surface area contributed by atoms with Crippen LogP contribution in [0.15, 0.2) is 23.2 Å². The molecule has 0 radical (unpaired) electrons. The van der Waals surface area contributed by atoms with Crippen LogP contribution in [-0.4, -0.2) is 47.9 Å². The van der Waals surface area contributed by atoms with Crippen LogP contribution in [0.5, 0.6) is 0 Å². The second-order valence-electron chi connectivity index (χ2n) is 4.40. The van der Waals surface area contributed by atoms with E-state index in [0.29, 0.717) is 17.1 Å². The number of carboxylic acid groups (broad SMARTS) is 2.